The summed E-state index contributed by atoms with van der Waals surface area (Å²) >= 11 is 0. The van der Waals surface area contributed by atoms with Gasteiger partial charge in [0.1, 0.15) is 0 Å². The monoisotopic (exact) mass is 330 g/mol. The minimum absolute atomic E-state index is 0. The van der Waals surface area contributed by atoms with E-state index < -0.39 is 23.9 Å². The SMILES string of the molecule is CCOC(=O)C(NC(=O)c1cccc(N)c1)C(=O)OCC.Cl. The van der Waals surface area contributed by atoms with Gasteiger partial charge in [-0.15, -0.1) is 12.4 Å². The standard InChI is InChI=1S/C14H18N2O5.ClH/c1-3-20-13(18)11(14(19)21-4-2)16-12(17)9-6-5-7-10(15)8-9;/h5-8,11H,3-4,15H2,1-2H3,(H,16,17);1H. The third-order valence-electron chi connectivity index (χ3n) is 2.47. The van der Waals surface area contributed by atoms with Gasteiger partial charge in [-0.3, -0.25) is 4.79 Å². The Labute approximate surface area is 134 Å². The van der Waals surface area contributed by atoms with Crippen LogP contribution in [0.5, 0.6) is 0 Å². The molecular weight excluding hydrogens is 312 g/mol. The topological polar surface area (TPSA) is 108 Å². The lowest BCUT2D eigenvalue weighted by atomic mass is 10.1. The maximum Gasteiger partial charge on any atom is 0.340 e. The molecule has 0 aliphatic carbocycles. The van der Waals surface area contributed by atoms with Crippen LogP contribution in [0.15, 0.2) is 24.3 Å². The van der Waals surface area contributed by atoms with Gasteiger partial charge >= 0.3 is 11.9 Å². The largest absolute Gasteiger partial charge is 0.464 e. The second kappa shape index (κ2) is 9.62. The molecule has 0 bridgehead atoms. The number of halogens is 1. The van der Waals surface area contributed by atoms with E-state index in [0.717, 1.165) is 0 Å². The van der Waals surface area contributed by atoms with Gasteiger partial charge in [0.2, 0.25) is 6.04 Å². The van der Waals surface area contributed by atoms with Crippen LogP contribution in [0.2, 0.25) is 0 Å². The van der Waals surface area contributed by atoms with Crippen LogP contribution in [0.25, 0.3) is 0 Å². The van der Waals surface area contributed by atoms with E-state index in [-0.39, 0.29) is 31.2 Å². The molecule has 7 nitrogen and oxygen atoms in total. The van der Waals surface area contributed by atoms with Crippen molar-refractivity contribution in [2.75, 3.05) is 18.9 Å². The molecule has 0 radical (unpaired) electrons. The number of hydrogen-bond donors (Lipinski definition) is 2. The van der Waals surface area contributed by atoms with Gasteiger partial charge in [0.05, 0.1) is 13.2 Å². The normalized spacial score (nSPS) is 9.59. The third kappa shape index (κ3) is 5.61. The Hall–Kier alpha value is -2.28. The number of ether oxygens (including phenoxy) is 2. The molecule has 1 aromatic rings. The molecular formula is C14H19ClN2O5. The second-order valence-electron chi connectivity index (χ2n) is 4.04. The number of hydrogen-bond acceptors (Lipinski definition) is 6. The summed E-state index contributed by atoms with van der Waals surface area (Å²) in [4.78, 5) is 35.5. The molecule has 1 amide bonds. The van der Waals surface area contributed by atoms with Crippen LogP contribution in [0.4, 0.5) is 5.69 Å². The zero-order valence-corrected chi connectivity index (χ0v) is 13.1. The van der Waals surface area contributed by atoms with Crippen LogP contribution in [0.1, 0.15) is 24.2 Å². The van der Waals surface area contributed by atoms with E-state index >= 15 is 0 Å². The highest BCUT2D eigenvalue weighted by Gasteiger charge is 2.31. The predicted molar refractivity (Wildman–Crippen MR) is 82.6 cm³/mol. The van der Waals surface area contributed by atoms with Crippen molar-refractivity contribution in [3.63, 3.8) is 0 Å². The fourth-order valence-corrected chi connectivity index (χ4v) is 1.56. The summed E-state index contributed by atoms with van der Waals surface area (Å²) in [5.74, 6) is -2.35. The smallest absolute Gasteiger partial charge is 0.340 e. The first-order chi connectivity index (χ1) is 9.99. The Morgan fingerprint density at radius 2 is 1.68 bits per heavy atom. The number of nitrogens with two attached hydrogens (primary N) is 1. The van der Waals surface area contributed by atoms with Gasteiger partial charge in [-0.25, -0.2) is 9.59 Å². The van der Waals surface area contributed by atoms with E-state index in [1.54, 1.807) is 26.0 Å². The van der Waals surface area contributed by atoms with E-state index in [4.69, 9.17) is 15.2 Å². The molecule has 0 spiro atoms. The Morgan fingerprint density at radius 1 is 1.14 bits per heavy atom. The molecule has 22 heavy (non-hydrogen) atoms. The average molecular weight is 331 g/mol. The molecule has 0 unspecified atom stereocenters. The minimum Gasteiger partial charge on any atom is -0.464 e. The second-order valence-corrected chi connectivity index (χ2v) is 4.04. The number of esters is 2. The van der Waals surface area contributed by atoms with Crippen molar-refractivity contribution in [2.24, 2.45) is 0 Å². The lowest BCUT2D eigenvalue weighted by Gasteiger charge is -2.16. The summed E-state index contributed by atoms with van der Waals surface area (Å²) in [5.41, 5.74) is 6.20. The van der Waals surface area contributed by atoms with E-state index in [2.05, 4.69) is 5.32 Å². The number of nitrogen functional groups attached to an aromatic ring is 1. The van der Waals surface area contributed by atoms with Crippen LogP contribution in [-0.4, -0.2) is 37.1 Å². The van der Waals surface area contributed by atoms with Gasteiger partial charge in [-0.05, 0) is 32.0 Å². The van der Waals surface area contributed by atoms with Crippen LogP contribution in [0.3, 0.4) is 0 Å². The molecule has 0 fully saturated rings. The van der Waals surface area contributed by atoms with Crippen LogP contribution < -0.4 is 11.1 Å². The van der Waals surface area contributed by atoms with Crippen molar-refractivity contribution in [3.8, 4) is 0 Å². The first-order valence-corrected chi connectivity index (χ1v) is 6.49. The van der Waals surface area contributed by atoms with E-state index in [9.17, 15) is 14.4 Å². The highest BCUT2D eigenvalue weighted by atomic mass is 35.5. The fraction of sp³-hybridized carbons (Fsp3) is 0.357. The number of carbonyl (C=O) groups is 3. The summed E-state index contributed by atoms with van der Waals surface area (Å²) < 4.78 is 9.51. The predicted octanol–water partition coefficient (Wildman–Crippen LogP) is 0.915. The fourth-order valence-electron chi connectivity index (χ4n) is 1.56. The highest BCUT2D eigenvalue weighted by Crippen LogP contribution is 2.07. The number of nitrogens with one attached hydrogen (secondary N) is 1. The molecule has 0 heterocycles. The lowest BCUT2D eigenvalue weighted by molar-refractivity contribution is -0.157. The molecule has 0 atom stereocenters. The van der Waals surface area contributed by atoms with Crippen molar-refractivity contribution in [3.05, 3.63) is 29.8 Å². The Kier molecular flexibility index (Phi) is 8.62. The molecule has 8 heteroatoms. The maximum atomic E-state index is 12.0. The first-order valence-electron chi connectivity index (χ1n) is 6.49. The minimum atomic E-state index is -1.50. The van der Waals surface area contributed by atoms with Crippen molar-refractivity contribution >= 4 is 35.9 Å². The zero-order valence-electron chi connectivity index (χ0n) is 12.3. The number of amides is 1. The third-order valence-corrected chi connectivity index (χ3v) is 2.47. The van der Waals surface area contributed by atoms with E-state index in [1.807, 2.05) is 0 Å². The van der Waals surface area contributed by atoms with Crippen LogP contribution >= 0.6 is 12.4 Å². The van der Waals surface area contributed by atoms with Crippen molar-refractivity contribution in [2.45, 2.75) is 19.9 Å². The maximum absolute atomic E-state index is 12.0. The molecule has 0 aliphatic heterocycles. The molecule has 0 saturated heterocycles. The van der Waals surface area contributed by atoms with E-state index in [0.29, 0.717) is 5.69 Å². The van der Waals surface area contributed by atoms with Crippen LogP contribution in [0, 0.1) is 0 Å². The first kappa shape index (κ1) is 19.7. The van der Waals surface area contributed by atoms with Gasteiger partial charge < -0.3 is 20.5 Å². The number of rotatable bonds is 6. The Balaban J connectivity index is 0.00000441. The molecule has 0 aromatic heterocycles. The summed E-state index contributed by atoms with van der Waals surface area (Å²) in [6.07, 6.45) is 0. The van der Waals surface area contributed by atoms with Crippen molar-refractivity contribution < 1.29 is 23.9 Å². The van der Waals surface area contributed by atoms with Crippen molar-refractivity contribution in [1.82, 2.24) is 5.32 Å². The number of benzene rings is 1. The molecule has 0 aliphatic rings. The zero-order chi connectivity index (χ0) is 15.8. The molecule has 0 saturated carbocycles. The quantitative estimate of drug-likeness (QED) is 0.456. The Morgan fingerprint density at radius 3 is 2.14 bits per heavy atom. The van der Waals surface area contributed by atoms with Crippen LogP contribution in [-0.2, 0) is 19.1 Å². The molecule has 122 valence electrons. The van der Waals surface area contributed by atoms with Gasteiger partial charge in [0, 0.05) is 11.3 Å². The van der Waals surface area contributed by atoms with Gasteiger partial charge in [-0.1, -0.05) is 6.07 Å². The average Bonchev–Trinajstić information content (AvgIpc) is 2.44. The number of anilines is 1. The molecule has 1 aromatic carbocycles. The molecule has 1 rings (SSSR count). The summed E-state index contributed by atoms with van der Waals surface area (Å²) in [6.45, 7) is 3.37. The number of carbonyl (C=O) groups excluding carboxylic acids is 3. The van der Waals surface area contributed by atoms with Gasteiger partial charge in [-0.2, -0.15) is 0 Å². The van der Waals surface area contributed by atoms with Gasteiger partial charge in [0.25, 0.3) is 5.91 Å². The Bertz CT molecular complexity index is 518. The van der Waals surface area contributed by atoms with Crippen molar-refractivity contribution in [1.29, 1.82) is 0 Å². The highest BCUT2D eigenvalue weighted by molar-refractivity contribution is 6.05. The lowest BCUT2D eigenvalue weighted by Crippen LogP contribution is -2.48. The summed E-state index contributed by atoms with van der Waals surface area (Å²) in [5, 5.41) is 2.29. The van der Waals surface area contributed by atoms with Gasteiger partial charge in [0.15, 0.2) is 0 Å². The summed E-state index contributed by atoms with van der Waals surface area (Å²) in [7, 11) is 0. The summed E-state index contributed by atoms with van der Waals surface area (Å²) in [6, 6.07) is 4.65. The van der Waals surface area contributed by atoms with E-state index in [1.165, 1.54) is 12.1 Å². The molecule has 3 N–H and O–H groups in total.